The van der Waals surface area contributed by atoms with Crippen molar-refractivity contribution >= 4 is 18.2 Å². The van der Waals surface area contributed by atoms with Gasteiger partial charge in [-0.05, 0) is 26.2 Å². The predicted octanol–water partition coefficient (Wildman–Crippen LogP) is 0.981. The smallest absolute Gasteiger partial charge is 0.333 e. The number of unbranched alkanes of at least 4 members (excludes halogenated alkanes) is 3. The second-order valence-electron chi connectivity index (χ2n) is 3.74. The summed E-state index contributed by atoms with van der Waals surface area (Å²) in [6.07, 6.45) is 3.70. The number of ether oxygens (including phenoxy) is 1. The summed E-state index contributed by atoms with van der Waals surface area (Å²) in [5, 5.41) is 2.45. The Kier molecular flexibility index (Phi) is 8.64. The SMILES string of the molecule is C=C(C)C(=O)OCCCCCCNC(=O)C=O. The van der Waals surface area contributed by atoms with Crippen LogP contribution in [0.1, 0.15) is 32.6 Å². The maximum Gasteiger partial charge on any atom is 0.333 e. The van der Waals surface area contributed by atoms with E-state index in [2.05, 4.69) is 11.9 Å². The standard InChI is InChI=1S/C12H19NO4/c1-10(2)12(16)17-8-6-4-3-5-7-13-11(15)9-14/h9H,1,3-8H2,2H3,(H,13,15). The molecule has 0 aliphatic heterocycles. The molecule has 0 heterocycles. The molecule has 0 aliphatic carbocycles. The van der Waals surface area contributed by atoms with Gasteiger partial charge in [0.15, 0.2) is 0 Å². The molecule has 0 bridgehead atoms. The summed E-state index contributed by atoms with van der Waals surface area (Å²) in [6, 6.07) is 0. The van der Waals surface area contributed by atoms with Gasteiger partial charge in [-0.25, -0.2) is 4.79 Å². The van der Waals surface area contributed by atoms with Crippen LogP contribution in [0.25, 0.3) is 0 Å². The minimum absolute atomic E-state index is 0.261. The van der Waals surface area contributed by atoms with Gasteiger partial charge in [-0.3, -0.25) is 9.59 Å². The summed E-state index contributed by atoms with van der Waals surface area (Å²) in [4.78, 5) is 31.5. The summed E-state index contributed by atoms with van der Waals surface area (Å²) in [7, 11) is 0. The monoisotopic (exact) mass is 241 g/mol. The van der Waals surface area contributed by atoms with E-state index in [4.69, 9.17) is 4.74 Å². The van der Waals surface area contributed by atoms with Gasteiger partial charge in [0.2, 0.25) is 6.29 Å². The van der Waals surface area contributed by atoms with Gasteiger partial charge in [0.1, 0.15) is 0 Å². The molecule has 0 fully saturated rings. The molecule has 0 saturated heterocycles. The molecular formula is C12H19NO4. The van der Waals surface area contributed by atoms with E-state index < -0.39 is 5.91 Å². The molecule has 0 atom stereocenters. The fourth-order valence-corrected chi connectivity index (χ4v) is 1.12. The van der Waals surface area contributed by atoms with Crippen molar-refractivity contribution in [2.75, 3.05) is 13.2 Å². The van der Waals surface area contributed by atoms with E-state index in [1.54, 1.807) is 6.92 Å². The number of carbonyl (C=O) groups excluding carboxylic acids is 3. The van der Waals surface area contributed by atoms with Crippen LogP contribution in [0.3, 0.4) is 0 Å². The number of aldehydes is 1. The van der Waals surface area contributed by atoms with E-state index in [1.165, 1.54) is 0 Å². The van der Waals surface area contributed by atoms with Crippen LogP contribution in [0.5, 0.6) is 0 Å². The normalized spacial score (nSPS) is 9.47. The van der Waals surface area contributed by atoms with Gasteiger partial charge in [-0.1, -0.05) is 13.0 Å². The minimum atomic E-state index is -0.583. The molecule has 96 valence electrons. The Hall–Kier alpha value is -1.65. The van der Waals surface area contributed by atoms with E-state index in [0.29, 0.717) is 18.7 Å². The van der Waals surface area contributed by atoms with Gasteiger partial charge in [0.25, 0.3) is 5.91 Å². The van der Waals surface area contributed by atoms with E-state index >= 15 is 0 Å². The van der Waals surface area contributed by atoms with Crippen molar-refractivity contribution in [3.05, 3.63) is 12.2 Å². The fraction of sp³-hybridized carbons (Fsp3) is 0.583. The van der Waals surface area contributed by atoms with Crippen LogP contribution in [0.15, 0.2) is 12.2 Å². The lowest BCUT2D eigenvalue weighted by atomic mass is 10.2. The number of esters is 1. The maximum absolute atomic E-state index is 11.0. The molecule has 0 rings (SSSR count). The van der Waals surface area contributed by atoms with Crippen molar-refractivity contribution in [1.82, 2.24) is 5.32 Å². The van der Waals surface area contributed by atoms with Crippen LogP contribution in [0, 0.1) is 0 Å². The Balaban J connectivity index is 3.24. The Morgan fingerprint density at radius 1 is 1.24 bits per heavy atom. The van der Waals surface area contributed by atoms with E-state index in [0.717, 1.165) is 25.7 Å². The predicted molar refractivity (Wildman–Crippen MR) is 63.3 cm³/mol. The van der Waals surface area contributed by atoms with Crippen LogP contribution >= 0.6 is 0 Å². The first kappa shape index (κ1) is 15.3. The zero-order valence-electron chi connectivity index (χ0n) is 10.2. The highest BCUT2D eigenvalue weighted by Crippen LogP contribution is 2.01. The molecule has 5 heteroatoms. The molecule has 0 aromatic rings. The summed E-state index contributed by atoms with van der Waals surface area (Å²) in [6.45, 7) is 5.98. The zero-order valence-corrected chi connectivity index (χ0v) is 10.2. The average Bonchev–Trinajstić information content (AvgIpc) is 2.31. The molecule has 1 N–H and O–H groups in total. The number of amides is 1. The number of nitrogens with one attached hydrogen (secondary N) is 1. The molecule has 0 spiro atoms. The Labute approximate surface area is 101 Å². The lowest BCUT2D eigenvalue weighted by molar-refractivity contribution is -0.139. The first-order valence-corrected chi connectivity index (χ1v) is 5.63. The summed E-state index contributed by atoms with van der Waals surface area (Å²) >= 11 is 0. The van der Waals surface area contributed by atoms with Crippen LogP contribution < -0.4 is 5.32 Å². The lowest BCUT2D eigenvalue weighted by Crippen LogP contribution is -2.24. The molecule has 0 aliphatic rings. The third-order valence-corrected chi connectivity index (χ3v) is 2.06. The molecule has 0 radical (unpaired) electrons. The number of rotatable bonds is 9. The molecule has 0 aromatic carbocycles. The zero-order chi connectivity index (χ0) is 13.1. The fourth-order valence-electron chi connectivity index (χ4n) is 1.12. The molecule has 1 amide bonds. The lowest BCUT2D eigenvalue weighted by Gasteiger charge is -2.04. The number of hydrogen-bond acceptors (Lipinski definition) is 4. The average molecular weight is 241 g/mol. The molecule has 5 nitrogen and oxygen atoms in total. The highest BCUT2D eigenvalue weighted by molar-refractivity contribution is 6.23. The Morgan fingerprint density at radius 3 is 2.47 bits per heavy atom. The summed E-state index contributed by atoms with van der Waals surface area (Å²) in [5.74, 6) is -0.941. The number of hydrogen-bond donors (Lipinski definition) is 1. The largest absolute Gasteiger partial charge is 0.462 e. The van der Waals surface area contributed by atoms with Gasteiger partial charge in [-0.15, -0.1) is 0 Å². The second kappa shape index (κ2) is 9.57. The molecular weight excluding hydrogens is 222 g/mol. The molecule has 0 aromatic heterocycles. The van der Waals surface area contributed by atoms with Gasteiger partial charge in [0, 0.05) is 12.1 Å². The quantitative estimate of drug-likeness (QED) is 0.215. The van der Waals surface area contributed by atoms with Crippen LogP contribution in [-0.4, -0.2) is 31.3 Å². The Morgan fingerprint density at radius 2 is 1.88 bits per heavy atom. The van der Waals surface area contributed by atoms with E-state index in [9.17, 15) is 14.4 Å². The maximum atomic E-state index is 11.0. The minimum Gasteiger partial charge on any atom is -0.462 e. The van der Waals surface area contributed by atoms with Gasteiger partial charge in [-0.2, -0.15) is 0 Å². The molecule has 0 unspecified atom stereocenters. The van der Waals surface area contributed by atoms with Crippen molar-refractivity contribution in [3.8, 4) is 0 Å². The van der Waals surface area contributed by atoms with E-state index in [-0.39, 0.29) is 12.3 Å². The van der Waals surface area contributed by atoms with Crippen LogP contribution in [0.2, 0.25) is 0 Å². The number of carbonyl (C=O) groups is 3. The van der Waals surface area contributed by atoms with Gasteiger partial charge >= 0.3 is 5.97 Å². The van der Waals surface area contributed by atoms with Gasteiger partial charge < -0.3 is 10.1 Å². The third-order valence-electron chi connectivity index (χ3n) is 2.06. The van der Waals surface area contributed by atoms with Crippen molar-refractivity contribution in [2.24, 2.45) is 0 Å². The Bertz CT molecular complexity index is 286. The van der Waals surface area contributed by atoms with Crippen molar-refractivity contribution in [3.63, 3.8) is 0 Å². The van der Waals surface area contributed by atoms with Crippen LogP contribution in [0.4, 0.5) is 0 Å². The highest BCUT2D eigenvalue weighted by atomic mass is 16.5. The highest BCUT2D eigenvalue weighted by Gasteiger charge is 2.01. The molecule has 17 heavy (non-hydrogen) atoms. The van der Waals surface area contributed by atoms with Crippen molar-refractivity contribution < 1.29 is 19.1 Å². The topological polar surface area (TPSA) is 72.5 Å². The van der Waals surface area contributed by atoms with Crippen LogP contribution in [-0.2, 0) is 19.1 Å². The summed E-state index contributed by atoms with van der Waals surface area (Å²) < 4.78 is 4.91. The second-order valence-corrected chi connectivity index (χ2v) is 3.74. The van der Waals surface area contributed by atoms with Crippen molar-refractivity contribution in [2.45, 2.75) is 32.6 Å². The van der Waals surface area contributed by atoms with Gasteiger partial charge in [0.05, 0.1) is 6.61 Å². The van der Waals surface area contributed by atoms with Crippen molar-refractivity contribution in [1.29, 1.82) is 0 Å². The third kappa shape index (κ3) is 9.29. The van der Waals surface area contributed by atoms with E-state index in [1.807, 2.05) is 0 Å². The molecule has 0 saturated carbocycles. The first-order chi connectivity index (χ1) is 8.07. The first-order valence-electron chi connectivity index (χ1n) is 5.63. The summed E-state index contributed by atoms with van der Waals surface area (Å²) in [5.41, 5.74) is 0.404.